The number of aromatic nitrogens is 2. The third-order valence-electron chi connectivity index (χ3n) is 4.77. The van der Waals surface area contributed by atoms with E-state index in [4.69, 9.17) is 11.2 Å². The van der Waals surface area contributed by atoms with Gasteiger partial charge >= 0.3 is 0 Å². The van der Waals surface area contributed by atoms with E-state index in [1.54, 1.807) is 15.8 Å². The summed E-state index contributed by atoms with van der Waals surface area (Å²) in [7, 11) is 0. The third-order valence-corrected chi connectivity index (χ3v) is 4.77. The van der Waals surface area contributed by atoms with Crippen molar-refractivity contribution in [2.24, 2.45) is 10.2 Å². The molecule has 27 heavy (non-hydrogen) atoms. The zero-order valence-corrected chi connectivity index (χ0v) is 15.4. The summed E-state index contributed by atoms with van der Waals surface area (Å²) in [4.78, 5) is 27.0. The van der Waals surface area contributed by atoms with Gasteiger partial charge in [-0.3, -0.25) is 14.3 Å². The van der Waals surface area contributed by atoms with Crippen molar-refractivity contribution in [3.8, 4) is 12.3 Å². The van der Waals surface area contributed by atoms with Gasteiger partial charge in [-0.15, -0.1) is 12.3 Å². The number of aryl methyl sites for hydroxylation is 1. The molecule has 1 unspecified atom stereocenters. The molecule has 2 amide bonds. The second kappa shape index (κ2) is 8.31. The van der Waals surface area contributed by atoms with E-state index in [2.05, 4.69) is 26.6 Å². The molecule has 2 aliphatic rings. The number of hydrogen-bond donors (Lipinski definition) is 1. The van der Waals surface area contributed by atoms with Crippen LogP contribution in [-0.2, 0) is 16.1 Å². The normalized spacial score (nSPS) is 20.1. The summed E-state index contributed by atoms with van der Waals surface area (Å²) in [5, 5.41) is 15.1. The Morgan fingerprint density at radius 3 is 2.93 bits per heavy atom. The van der Waals surface area contributed by atoms with Crippen LogP contribution < -0.4 is 5.32 Å². The lowest BCUT2D eigenvalue weighted by atomic mass is 10.0. The lowest BCUT2D eigenvalue weighted by Gasteiger charge is -2.34. The summed E-state index contributed by atoms with van der Waals surface area (Å²) >= 11 is 0. The lowest BCUT2D eigenvalue weighted by Crippen LogP contribution is -2.56. The molecule has 0 aliphatic carbocycles. The maximum Gasteiger partial charge on any atom is 0.257 e. The van der Waals surface area contributed by atoms with E-state index in [0.29, 0.717) is 51.1 Å². The molecule has 1 atom stereocenters. The van der Waals surface area contributed by atoms with Crippen LogP contribution in [0, 0.1) is 12.3 Å². The SMILES string of the molecule is C#CCCC1(CCNC(=O)C2COCCN2C(=O)c2cnn(CC)c2)N=N1. The van der Waals surface area contributed by atoms with Gasteiger partial charge in [0.25, 0.3) is 5.91 Å². The summed E-state index contributed by atoms with van der Waals surface area (Å²) < 4.78 is 7.11. The van der Waals surface area contributed by atoms with Gasteiger partial charge in [0.15, 0.2) is 5.66 Å². The molecule has 1 aromatic heterocycles. The number of hydrogen-bond acceptors (Lipinski definition) is 6. The Labute approximate surface area is 158 Å². The van der Waals surface area contributed by atoms with Gasteiger partial charge in [0.05, 0.1) is 25.0 Å². The summed E-state index contributed by atoms with van der Waals surface area (Å²) in [5.74, 6) is 2.13. The molecule has 3 rings (SSSR count). The highest BCUT2D eigenvalue weighted by molar-refractivity contribution is 5.97. The highest BCUT2D eigenvalue weighted by atomic mass is 16.5. The van der Waals surface area contributed by atoms with Crippen LogP contribution in [0.15, 0.2) is 22.6 Å². The minimum atomic E-state index is -0.661. The molecular weight excluding hydrogens is 348 g/mol. The van der Waals surface area contributed by atoms with Crippen molar-refractivity contribution in [3.05, 3.63) is 18.0 Å². The van der Waals surface area contributed by atoms with Crippen LogP contribution in [0.3, 0.4) is 0 Å². The van der Waals surface area contributed by atoms with Crippen molar-refractivity contribution < 1.29 is 14.3 Å². The van der Waals surface area contributed by atoms with Crippen molar-refractivity contribution in [3.63, 3.8) is 0 Å². The summed E-state index contributed by atoms with van der Waals surface area (Å²) in [6, 6.07) is -0.661. The minimum Gasteiger partial charge on any atom is -0.377 e. The molecule has 3 heterocycles. The number of rotatable bonds is 8. The molecule has 2 aliphatic heterocycles. The minimum absolute atomic E-state index is 0.177. The van der Waals surface area contributed by atoms with E-state index in [1.165, 1.54) is 6.20 Å². The van der Waals surface area contributed by atoms with E-state index >= 15 is 0 Å². The van der Waals surface area contributed by atoms with E-state index in [9.17, 15) is 9.59 Å². The maximum atomic E-state index is 12.8. The number of nitrogens with zero attached hydrogens (tertiary/aromatic N) is 5. The Morgan fingerprint density at radius 1 is 1.44 bits per heavy atom. The highest BCUT2D eigenvalue weighted by Gasteiger charge is 2.39. The number of terminal acetylenes is 1. The number of amides is 2. The van der Waals surface area contributed by atoms with Gasteiger partial charge in [0.2, 0.25) is 5.91 Å². The Hall–Kier alpha value is -2.73. The van der Waals surface area contributed by atoms with Gasteiger partial charge < -0.3 is 15.0 Å². The van der Waals surface area contributed by atoms with Crippen LogP contribution >= 0.6 is 0 Å². The standard InChI is InChI=1S/C18H24N6O3/c1-3-5-6-18(21-22-18)7-8-19-16(25)15-13-27-10-9-24(15)17(26)14-11-20-23(4-2)12-14/h1,11-12,15H,4-10,13H2,2H3,(H,19,25). The summed E-state index contributed by atoms with van der Waals surface area (Å²) in [5.41, 5.74) is 0.0350. The number of ether oxygens (including phenoxy) is 1. The first-order valence-corrected chi connectivity index (χ1v) is 9.15. The molecular formula is C18H24N6O3. The van der Waals surface area contributed by atoms with E-state index in [0.717, 1.165) is 0 Å². The first kappa shape index (κ1) is 19.0. The predicted molar refractivity (Wildman–Crippen MR) is 96.8 cm³/mol. The van der Waals surface area contributed by atoms with Crippen LogP contribution in [0.4, 0.5) is 0 Å². The van der Waals surface area contributed by atoms with Crippen molar-refractivity contribution in [1.29, 1.82) is 0 Å². The molecule has 9 nitrogen and oxygen atoms in total. The quantitative estimate of drug-likeness (QED) is 0.683. The molecule has 144 valence electrons. The predicted octanol–water partition coefficient (Wildman–Crippen LogP) is 0.826. The lowest BCUT2D eigenvalue weighted by molar-refractivity contribution is -0.130. The second-order valence-electron chi connectivity index (χ2n) is 6.60. The molecule has 0 bridgehead atoms. The van der Waals surface area contributed by atoms with Crippen molar-refractivity contribution in [1.82, 2.24) is 20.0 Å². The van der Waals surface area contributed by atoms with Crippen LogP contribution in [0.25, 0.3) is 0 Å². The molecule has 1 fully saturated rings. The van der Waals surface area contributed by atoms with Crippen LogP contribution in [0.2, 0.25) is 0 Å². The van der Waals surface area contributed by atoms with Crippen molar-refractivity contribution >= 4 is 11.8 Å². The van der Waals surface area contributed by atoms with Crippen LogP contribution in [-0.4, -0.2) is 64.5 Å². The number of morpholine rings is 1. The maximum absolute atomic E-state index is 12.8. The largest absolute Gasteiger partial charge is 0.377 e. The Balaban J connectivity index is 1.55. The van der Waals surface area contributed by atoms with Crippen molar-refractivity contribution in [2.75, 3.05) is 26.3 Å². The molecule has 1 aromatic rings. The molecule has 1 N–H and O–H groups in total. The Morgan fingerprint density at radius 2 is 2.26 bits per heavy atom. The Kier molecular flexibility index (Phi) is 5.86. The molecule has 0 aromatic carbocycles. The van der Waals surface area contributed by atoms with Gasteiger partial charge in [-0.05, 0) is 6.92 Å². The third kappa shape index (κ3) is 4.52. The zero-order valence-electron chi connectivity index (χ0n) is 15.4. The first-order chi connectivity index (χ1) is 13.1. The molecule has 9 heteroatoms. The van der Waals surface area contributed by atoms with Crippen LogP contribution in [0.1, 0.15) is 36.5 Å². The molecule has 0 radical (unpaired) electrons. The average molecular weight is 372 g/mol. The van der Waals surface area contributed by atoms with E-state index < -0.39 is 11.7 Å². The zero-order chi connectivity index (χ0) is 19.3. The fourth-order valence-corrected chi connectivity index (χ4v) is 3.05. The fourth-order valence-electron chi connectivity index (χ4n) is 3.05. The highest BCUT2D eigenvalue weighted by Crippen LogP contribution is 2.36. The molecule has 0 saturated carbocycles. The van der Waals surface area contributed by atoms with Crippen molar-refractivity contribution in [2.45, 2.75) is 44.4 Å². The summed E-state index contributed by atoms with van der Waals surface area (Å²) in [6.45, 7) is 3.99. The number of carbonyl (C=O) groups is 2. The van der Waals surface area contributed by atoms with E-state index in [1.807, 2.05) is 6.92 Å². The Bertz CT molecular complexity index is 759. The van der Waals surface area contributed by atoms with Gasteiger partial charge in [-0.2, -0.15) is 15.3 Å². The topological polar surface area (TPSA) is 101 Å². The van der Waals surface area contributed by atoms with Gasteiger partial charge in [0.1, 0.15) is 6.04 Å². The van der Waals surface area contributed by atoms with E-state index in [-0.39, 0.29) is 18.4 Å². The number of carbonyl (C=O) groups excluding carboxylic acids is 2. The summed E-state index contributed by atoms with van der Waals surface area (Å²) in [6.07, 6.45) is 10.4. The molecule has 1 saturated heterocycles. The molecule has 0 spiro atoms. The second-order valence-corrected chi connectivity index (χ2v) is 6.60. The fraction of sp³-hybridized carbons (Fsp3) is 0.611. The monoisotopic (exact) mass is 372 g/mol. The first-order valence-electron chi connectivity index (χ1n) is 9.15. The van der Waals surface area contributed by atoms with Crippen LogP contribution in [0.5, 0.6) is 0 Å². The smallest absolute Gasteiger partial charge is 0.257 e. The number of nitrogens with one attached hydrogen (secondary N) is 1. The average Bonchev–Trinajstić information content (AvgIpc) is 3.29. The van der Waals surface area contributed by atoms with Gasteiger partial charge in [-0.1, -0.05) is 0 Å². The van der Waals surface area contributed by atoms with Gasteiger partial charge in [0, 0.05) is 45.1 Å². The van der Waals surface area contributed by atoms with Gasteiger partial charge in [-0.25, -0.2) is 0 Å².